The number of ether oxygens (including phenoxy) is 1. The Bertz CT molecular complexity index is 993. The summed E-state index contributed by atoms with van der Waals surface area (Å²) in [7, 11) is 2.07. The monoisotopic (exact) mass is 497 g/mol. The zero-order chi connectivity index (χ0) is 24.8. The van der Waals surface area contributed by atoms with Gasteiger partial charge in [0.15, 0.2) is 5.82 Å². The summed E-state index contributed by atoms with van der Waals surface area (Å²) in [6.45, 7) is 3.86. The third kappa shape index (κ3) is 6.78. The molecule has 2 aliphatic rings. The minimum absolute atomic E-state index is 0.0136. The number of carbonyl (C=O) groups is 1. The molecule has 11 nitrogen and oxygen atoms in total. The Morgan fingerprint density at radius 3 is 2.74 bits per heavy atom. The summed E-state index contributed by atoms with van der Waals surface area (Å²) >= 11 is 0. The molecule has 0 bridgehead atoms. The molecule has 1 amide bonds. The lowest BCUT2D eigenvalue weighted by molar-refractivity contribution is -0.137. The lowest BCUT2D eigenvalue weighted by Gasteiger charge is -2.27. The van der Waals surface area contributed by atoms with Crippen molar-refractivity contribution in [3.63, 3.8) is 0 Å². The largest absolute Gasteiger partial charge is 0.421 e. The van der Waals surface area contributed by atoms with Crippen molar-refractivity contribution >= 4 is 23.5 Å². The lowest BCUT2D eigenvalue weighted by atomic mass is 10.1. The molecule has 2 aromatic heterocycles. The van der Waals surface area contributed by atoms with Gasteiger partial charge in [-0.15, -0.1) is 5.10 Å². The number of likely N-dealkylation sites (tertiary alicyclic amines) is 1. The van der Waals surface area contributed by atoms with E-state index in [9.17, 15) is 18.0 Å². The molecule has 192 valence electrons. The number of piperidine rings is 1. The fraction of sp³-hybridized carbons (Fsp3) is 0.667. The molecule has 0 atom stereocenters. The predicted molar refractivity (Wildman–Crippen MR) is 121 cm³/mol. The van der Waals surface area contributed by atoms with Crippen LogP contribution in [-0.4, -0.2) is 93.7 Å². The van der Waals surface area contributed by atoms with Gasteiger partial charge in [-0.2, -0.15) is 28.1 Å². The predicted octanol–water partition coefficient (Wildman–Crippen LogP) is 2.15. The van der Waals surface area contributed by atoms with Gasteiger partial charge in [0, 0.05) is 25.8 Å². The highest BCUT2D eigenvalue weighted by Gasteiger charge is 2.35. The molecule has 0 spiro atoms. The van der Waals surface area contributed by atoms with Gasteiger partial charge in [0.1, 0.15) is 11.4 Å². The van der Waals surface area contributed by atoms with E-state index in [4.69, 9.17) is 4.74 Å². The lowest BCUT2D eigenvalue weighted by Crippen LogP contribution is -2.33. The van der Waals surface area contributed by atoms with E-state index < -0.39 is 11.7 Å². The topological polar surface area (TPSA) is 113 Å². The van der Waals surface area contributed by atoms with Crippen LogP contribution in [0.1, 0.15) is 37.3 Å². The van der Waals surface area contributed by atoms with Crippen LogP contribution in [0.2, 0.25) is 0 Å². The highest BCUT2D eigenvalue weighted by atomic mass is 19.4. The molecule has 2 aliphatic heterocycles. The smallest absolute Gasteiger partial charge is 0.379 e. The first-order valence-electron chi connectivity index (χ1n) is 11.7. The number of hydrogen-bond acceptors (Lipinski definition) is 9. The minimum atomic E-state index is -4.61. The minimum Gasteiger partial charge on any atom is -0.379 e. The molecule has 2 saturated heterocycles. The van der Waals surface area contributed by atoms with E-state index in [1.807, 2.05) is 0 Å². The summed E-state index contributed by atoms with van der Waals surface area (Å²) in [4.78, 5) is 25.4. The molecule has 35 heavy (non-hydrogen) atoms. The van der Waals surface area contributed by atoms with Crippen LogP contribution in [0.25, 0.3) is 0 Å². The second-order valence-corrected chi connectivity index (χ2v) is 8.69. The number of aromatic nitrogens is 5. The van der Waals surface area contributed by atoms with Crippen LogP contribution >= 0.6 is 0 Å². The van der Waals surface area contributed by atoms with Crippen LogP contribution in [-0.2, 0) is 15.7 Å². The molecular weight excluding hydrogens is 467 g/mol. The number of alkyl halides is 3. The number of amides is 1. The van der Waals surface area contributed by atoms with E-state index in [-0.39, 0.29) is 30.3 Å². The summed E-state index contributed by atoms with van der Waals surface area (Å²) in [6, 6.07) is 0.176. The van der Waals surface area contributed by atoms with Crippen LogP contribution in [0.3, 0.4) is 0 Å². The Labute approximate surface area is 201 Å². The van der Waals surface area contributed by atoms with Gasteiger partial charge in [0.2, 0.25) is 11.9 Å². The van der Waals surface area contributed by atoms with Gasteiger partial charge in [-0.25, -0.2) is 4.98 Å². The Kier molecular flexibility index (Phi) is 8.00. The summed E-state index contributed by atoms with van der Waals surface area (Å²) < 4.78 is 45.8. The van der Waals surface area contributed by atoms with Gasteiger partial charge in [-0.05, 0) is 39.4 Å². The zero-order valence-corrected chi connectivity index (χ0v) is 19.6. The van der Waals surface area contributed by atoms with Crippen LogP contribution in [0.4, 0.5) is 30.8 Å². The van der Waals surface area contributed by atoms with E-state index in [2.05, 4.69) is 42.7 Å². The maximum absolute atomic E-state index is 13.5. The van der Waals surface area contributed by atoms with Crippen molar-refractivity contribution in [1.82, 2.24) is 34.8 Å². The van der Waals surface area contributed by atoms with E-state index in [1.54, 1.807) is 9.70 Å². The summed E-state index contributed by atoms with van der Waals surface area (Å²) in [5.41, 5.74) is -0.961. The number of halogens is 3. The first-order chi connectivity index (χ1) is 16.8. The quantitative estimate of drug-likeness (QED) is 0.530. The van der Waals surface area contributed by atoms with Gasteiger partial charge >= 0.3 is 6.18 Å². The molecule has 2 fully saturated rings. The van der Waals surface area contributed by atoms with Gasteiger partial charge in [-0.1, -0.05) is 0 Å². The van der Waals surface area contributed by atoms with E-state index >= 15 is 0 Å². The van der Waals surface area contributed by atoms with Crippen LogP contribution in [0.5, 0.6) is 0 Å². The number of hydrogen-bond donors (Lipinski definition) is 2. The van der Waals surface area contributed by atoms with Gasteiger partial charge in [0.25, 0.3) is 0 Å². The third-order valence-corrected chi connectivity index (χ3v) is 6.07. The van der Waals surface area contributed by atoms with Gasteiger partial charge in [-0.3, -0.25) is 4.79 Å². The fourth-order valence-corrected chi connectivity index (χ4v) is 4.07. The molecule has 2 N–H and O–H groups in total. The van der Waals surface area contributed by atoms with Crippen molar-refractivity contribution in [2.75, 3.05) is 63.6 Å². The Morgan fingerprint density at radius 2 is 1.97 bits per heavy atom. The van der Waals surface area contributed by atoms with Crippen LogP contribution < -0.4 is 10.6 Å². The standard InChI is InChI=1S/C21H30F3N9O2/c1-31-8-3-15(4-9-31)33-27-14-17(30-33)28-20-26-13-16(21(22,23)24)19(29-20)25-6-2-7-32-10-12-35-11-5-18(32)34/h13-15H,2-12H2,1H3,(H2,25,26,28,29,30). The first-order valence-corrected chi connectivity index (χ1v) is 11.7. The van der Waals surface area contributed by atoms with Crippen molar-refractivity contribution in [2.45, 2.75) is 37.9 Å². The molecule has 0 radical (unpaired) electrons. The van der Waals surface area contributed by atoms with E-state index in [1.165, 1.54) is 6.20 Å². The van der Waals surface area contributed by atoms with Crippen LogP contribution in [0, 0.1) is 0 Å². The van der Waals surface area contributed by atoms with Crippen LogP contribution in [0.15, 0.2) is 12.4 Å². The summed E-state index contributed by atoms with van der Waals surface area (Å²) in [5.74, 6) is -0.00386. The molecule has 14 heteroatoms. The average molecular weight is 498 g/mol. The Balaban J connectivity index is 1.38. The molecule has 4 rings (SSSR count). The average Bonchev–Trinajstić information content (AvgIpc) is 3.18. The number of rotatable bonds is 8. The third-order valence-electron chi connectivity index (χ3n) is 6.07. The molecule has 0 saturated carbocycles. The van der Waals surface area contributed by atoms with Gasteiger partial charge < -0.3 is 25.2 Å². The van der Waals surface area contributed by atoms with Crippen molar-refractivity contribution in [1.29, 1.82) is 0 Å². The van der Waals surface area contributed by atoms with Gasteiger partial charge in [0.05, 0.1) is 31.9 Å². The molecular formula is C21H30F3N9O2. The van der Waals surface area contributed by atoms with Crippen molar-refractivity contribution in [3.8, 4) is 0 Å². The summed E-state index contributed by atoms with van der Waals surface area (Å²) in [5, 5.41) is 14.3. The normalized spacial score (nSPS) is 18.5. The second kappa shape index (κ2) is 11.2. The highest BCUT2D eigenvalue weighted by molar-refractivity contribution is 5.76. The van der Waals surface area contributed by atoms with Crippen molar-refractivity contribution in [3.05, 3.63) is 18.0 Å². The van der Waals surface area contributed by atoms with E-state index in [0.29, 0.717) is 45.0 Å². The molecule has 2 aromatic rings. The summed E-state index contributed by atoms with van der Waals surface area (Å²) in [6.07, 6.45) is 0.256. The molecule has 0 aliphatic carbocycles. The Morgan fingerprint density at radius 1 is 1.17 bits per heavy atom. The maximum Gasteiger partial charge on any atom is 0.421 e. The second-order valence-electron chi connectivity index (χ2n) is 8.69. The van der Waals surface area contributed by atoms with E-state index in [0.717, 1.165) is 32.1 Å². The first kappa shape index (κ1) is 25.1. The highest BCUT2D eigenvalue weighted by Crippen LogP contribution is 2.34. The molecule has 0 unspecified atom stereocenters. The van der Waals surface area contributed by atoms with Crippen molar-refractivity contribution < 1.29 is 22.7 Å². The number of nitrogens with zero attached hydrogens (tertiary/aromatic N) is 7. The number of nitrogens with one attached hydrogen (secondary N) is 2. The number of carbonyl (C=O) groups excluding carboxylic acids is 1. The molecule has 0 aromatic carbocycles. The SMILES string of the molecule is CN1CCC(n2ncc(Nc3ncc(C(F)(F)F)c(NCCCN4CCOCCC4=O)n3)n2)CC1. The van der Waals surface area contributed by atoms with Crippen molar-refractivity contribution in [2.24, 2.45) is 0 Å². The fourth-order valence-electron chi connectivity index (χ4n) is 4.07. The Hall–Kier alpha value is -3.00. The maximum atomic E-state index is 13.5. The zero-order valence-electron chi connectivity index (χ0n) is 19.6. The molecule has 4 heterocycles. The number of anilines is 3.